The molecule has 3 heterocycles. The number of halogens is 1. The lowest BCUT2D eigenvalue weighted by molar-refractivity contribution is -0.139. The molecule has 0 bridgehead atoms. The zero-order chi connectivity index (χ0) is 27.1. The first kappa shape index (κ1) is 25.9. The van der Waals surface area contributed by atoms with E-state index in [1.54, 1.807) is 24.5 Å². The van der Waals surface area contributed by atoms with Crippen molar-refractivity contribution >= 4 is 35.0 Å². The fraction of sp³-hybridized carbons (Fsp3) is 0.233. The van der Waals surface area contributed by atoms with Gasteiger partial charge in [0, 0.05) is 22.1 Å². The molecule has 0 saturated carbocycles. The van der Waals surface area contributed by atoms with E-state index >= 15 is 0 Å². The van der Waals surface area contributed by atoms with Crippen LogP contribution in [0.3, 0.4) is 0 Å². The SMILES string of the molecule is CCOC(=O)C1=C(C)N=c2s/c(=C\c3cc(C)n(-c4cccc(C)c4)c3C)c(=O)n2[C@H]1c1ccccc1Cl. The van der Waals surface area contributed by atoms with Gasteiger partial charge in [0.1, 0.15) is 6.04 Å². The summed E-state index contributed by atoms with van der Waals surface area (Å²) in [4.78, 5) is 32.2. The number of rotatable bonds is 5. The number of hydrogen-bond donors (Lipinski definition) is 0. The van der Waals surface area contributed by atoms with E-state index in [2.05, 4.69) is 47.7 Å². The van der Waals surface area contributed by atoms with Crippen molar-refractivity contribution in [3.63, 3.8) is 0 Å². The van der Waals surface area contributed by atoms with Crippen molar-refractivity contribution in [2.24, 2.45) is 4.99 Å². The summed E-state index contributed by atoms with van der Waals surface area (Å²) in [6.45, 7) is 9.91. The molecule has 5 rings (SSSR count). The summed E-state index contributed by atoms with van der Waals surface area (Å²) < 4.78 is 9.64. The van der Waals surface area contributed by atoms with Crippen LogP contribution in [-0.4, -0.2) is 21.7 Å². The van der Waals surface area contributed by atoms with Gasteiger partial charge in [-0.15, -0.1) is 0 Å². The van der Waals surface area contributed by atoms with Crippen LogP contribution < -0.4 is 14.9 Å². The Labute approximate surface area is 229 Å². The smallest absolute Gasteiger partial charge is 0.338 e. The number of benzene rings is 2. The van der Waals surface area contributed by atoms with E-state index in [9.17, 15) is 9.59 Å². The van der Waals surface area contributed by atoms with Crippen molar-refractivity contribution in [1.82, 2.24) is 9.13 Å². The minimum atomic E-state index is -0.735. The molecule has 0 unspecified atom stereocenters. The van der Waals surface area contributed by atoms with E-state index in [0.717, 1.165) is 22.6 Å². The Bertz CT molecular complexity index is 1790. The zero-order valence-electron chi connectivity index (χ0n) is 21.9. The maximum Gasteiger partial charge on any atom is 0.338 e. The molecule has 0 aliphatic carbocycles. The highest BCUT2D eigenvalue weighted by Gasteiger charge is 2.34. The van der Waals surface area contributed by atoms with E-state index in [0.29, 0.717) is 31.2 Å². The van der Waals surface area contributed by atoms with Gasteiger partial charge >= 0.3 is 5.97 Å². The molecule has 4 aromatic rings. The lowest BCUT2D eigenvalue weighted by atomic mass is 9.96. The molecule has 0 N–H and O–H groups in total. The van der Waals surface area contributed by atoms with Crippen molar-refractivity contribution in [1.29, 1.82) is 0 Å². The number of esters is 1. The van der Waals surface area contributed by atoms with Crippen LogP contribution in [0.1, 0.15) is 48.0 Å². The predicted molar refractivity (Wildman–Crippen MR) is 152 cm³/mol. The highest BCUT2D eigenvalue weighted by molar-refractivity contribution is 7.07. The first-order valence-corrected chi connectivity index (χ1v) is 13.6. The van der Waals surface area contributed by atoms with E-state index in [1.807, 2.05) is 37.3 Å². The van der Waals surface area contributed by atoms with Crippen molar-refractivity contribution < 1.29 is 9.53 Å². The molecule has 6 nitrogen and oxygen atoms in total. The number of ether oxygens (including phenoxy) is 1. The number of carbonyl (C=O) groups excluding carboxylic acids is 1. The van der Waals surface area contributed by atoms with E-state index in [1.165, 1.54) is 16.9 Å². The maximum absolute atomic E-state index is 13.9. The fourth-order valence-electron chi connectivity index (χ4n) is 5.02. The van der Waals surface area contributed by atoms with E-state index in [4.69, 9.17) is 16.3 Å². The molecule has 0 fully saturated rings. The number of thiazole rings is 1. The summed E-state index contributed by atoms with van der Waals surface area (Å²) >= 11 is 7.89. The van der Waals surface area contributed by atoms with Gasteiger partial charge in [-0.25, -0.2) is 9.79 Å². The monoisotopic (exact) mass is 545 g/mol. The van der Waals surface area contributed by atoms with Crippen LogP contribution in [0.4, 0.5) is 0 Å². The number of allylic oxidation sites excluding steroid dienone is 1. The Kier molecular flexibility index (Phi) is 6.99. The van der Waals surface area contributed by atoms with Gasteiger partial charge in [0.15, 0.2) is 4.80 Å². The van der Waals surface area contributed by atoms with Gasteiger partial charge in [-0.1, -0.05) is 53.3 Å². The van der Waals surface area contributed by atoms with Gasteiger partial charge < -0.3 is 9.30 Å². The average molecular weight is 546 g/mol. The second-order valence-corrected chi connectivity index (χ2v) is 10.7. The standard InChI is InChI=1S/C30H28ClN3O3S/c1-6-37-29(36)26-19(4)32-30-34(27(26)23-12-7-8-13-24(23)31)28(35)25(38-30)16-21-15-18(3)33(20(21)5)22-11-9-10-17(2)14-22/h7-16,27H,6H2,1-5H3/b25-16-/t27-/m0/s1. The molecule has 194 valence electrons. The number of nitrogens with zero attached hydrogens (tertiary/aromatic N) is 3. The third-order valence-corrected chi connectivity index (χ3v) is 8.06. The third kappa shape index (κ3) is 4.46. The molecule has 0 saturated heterocycles. The normalized spacial score (nSPS) is 15.4. The summed E-state index contributed by atoms with van der Waals surface area (Å²) in [5.74, 6) is -0.505. The molecule has 1 aliphatic rings. The number of aryl methyl sites for hydroxylation is 2. The zero-order valence-corrected chi connectivity index (χ0v) is 23.5. The maximum atomic E-state index is 13.9. The van der Waals surface area contributed by atoms with Crippen LogP contribution in [-0.2, 0) is 9.53 Å². The lowest BCUT2D eigenvalue weighted by Gasteiger charge is -2.25. The van der Waals surface area contributed by atoms with Crippen molar-refractivity contribution in [2.45, 2.75) is 40.7 Å². The minimum Gasteiger partial charge on any atom is -0.463 e. The Morgan fingerprint density at radius 3 is 2.58 bits per heavy atom. The predicted octanol–water partition coefficient (Wildman–Crippen LogP) is 5.17. The number of aromatic nitrogens is 2. The second-order valence-electron chi connectivity index (χ2n) is 9.32. The molecule has 0 radical (unpaired) electrons. The first-order valence-electron chi connectivity index (χ1n) is 12.4. The second kappa shape index (κ2) is 10.2. The lowest BCUT2D eigenvalue weighted by Crippen LogP contribution is -2.40. The molecule has 38 heavy (non-hydrogen) atoms. The molecule has 1 aliphatic heterocycles. The molecule has 2 aromatic carbocycles. The molecule has 2 aromatic heterocycles. The van der Waals surface area contributed by atoms with Gasteiger partial charge in [-0.3, -0.25) is 9.36 Å². The summed E-state index contributed by atoms with van der Waals surface area (Å²) in [6, 6.07) is 16.9. The van der Waals surface area contributed by atoms with Crippen LogP contribution >= 0.6 is 22.9 Å². The van der Waals surface area contributed by atoms with E-state index in [-0.39, 0.29) is 12.2 Å². The van der Waals surface area contributed by atoms with Crippen molar-refractivity contribution in [2.75, 3.05) is 6.61 Å². The Hall–Kier alpha value is -3.68. The number of carbonyl (C=O) groups is 1. The van der Waals surface area contributed by atoms with Crippen molar-refractivity contribution in [3.8, 4) is 5.69 Å². The molecule has 8 heteroatoms. The van der Waals surface area contributed by atoms with Crippen LogP contribution in [0.5, 0.6) is 0 Å². The van der Waals surface area contributed by atoms with Gasteiger partial charge in [-0.2, -0.15) is 0 Å². The quantitative estimate of drug-likeness (QED) is 0.325. The number of fused-ring (bicyclic) bond motifs is 1. The van der Waals surface area contributed by atoms with Crippen LogP contribution in [0.15, 0.2) is 75.7 Å². The van der Waals surface area contributed by atoms with Gasteiger partial charge in [0.25, 0.3) is 5.56 Å². The Balaban J connectivity index is 1.71. The minimum absolute atomic E-state index is 0.214. The Morgan fingerprint density at radius 2 is 1.87 bits per heavy atom. The van der Waals surface area contributed by atoms with Gasteiger partial charge in [0.2, 0.25) is 0 Å². The summed E-state index contributed by atoms with van der Waals surface area (Å²) in [5, 5.41) is 0.463. The van der Waals surface area contributed by atoms with Gasteiger partial charge in [-0.05, 0) is 81.7 Å². The van der Waals surface area contributed by atoms with Crippen LogP contribution in [0.2, 0.25) is 5.02 Å². The van der Waals surface area contributed by atoms with E-state index < -0.39 is 12.0 Å². The molecular formula is C30H28ClN3O3S. The number of hydrogen-bond acceptors (Lipinski definition) is 5. The highest BCUT2D eigenvalue weighted by atomic mass is 35.5. The topological polar surface area (TPSA) is 65.6 Å². The van der Waals surface area contributed by atoms with Crippen LogP contribution in [0.25, 0.3) is 11.8 Å². The van der Waals surface area contributed by atoms with Crippen LogP contribution in [0, 0.1) is 20.8 Å². The average Bonchev–Trinajstić information content (AvgIpc) is 3.33. The fourth-order valence-corrected chi connectivity index (χ4v) is 6.30. The van der Waals surface area contributed by atoms with Gasteiger partial charge in [0.05, 0.1) is 22.4 Å². The Morgan fingerprint density at radius 1 is 1.11 bits per heavy atom. The molecule has 1 atom stereocenters. The molecular weight excluding hydrogens is 518 g/mol. The summed E-state index contributed by atoms with van der Waals surface area (Å²) in [6.07, 6.45) is 1.91. The summed E-state index contributed by atoms with van der Waals surface area (Å²) in [7, 11) is 0. The largest absolute Gasteiger partial charge is 0.463 e. The van der Waals surface area contributed by atoms with Crippen molar-refractivity contribution in [3.05, 3.63) is 119 Å². The first-order chi connectivity index (χ1) is 18.2. The summed E-state index contributed by atoms with van der Waals surface area (Å²) in [5.41, 5.74) is 6.56. The highest BCUT2D eigenvalue weighted by Crippen LogP contribution is 2.34. The third-order valence-electron chi connectivity index (χ3n) is 6.73. The molecule has 0 spiro atoms. The molecule has 0 amide bonds.